The van der Waals surface area contributed by atoms with Crippen molar-refractivity contribution in [1.82, 2.24) is 10.2 Å². The number of carbonyl (C=O) groups excluding carboxylic acids is 2. The summed E-state index contributed by atoms with van der Waals surface area (Å²) in [6, 6.07) is 12.6. The van der Waals surface area contributed by atoms with E-state index >= 15 is 0 Å². The zero-order valence-electron chi connectivity index (χ0n) is 17.1. The molecule has 160 valence electrons. The van der Waals surface area contributed by atoms with Crippen LogP contribution in [-0.4, -0.2) is 29.8 Å². The number of likely N-dealkylation sites (tertiary alicyclic amines) is 1. The molecule has 2 amide bonds. The van der Waals surface area contributed by atoms with Crippen LogP contribution in [0.25, 0.3) is 0 Å². The molecule has 1 N–H and O–H groups in total. The van der Waals surface area contributed by atoms with Gasteiger partial charge in [-0.2, -0.15) is 13.2 Å². The fourth-order valence-corrected chi connectivity index (χ4v) is 3.79. The summed E-state index contributed by atoms with van der Waals surface area (Å²) in [6.07, 6.45) is -3.50. The minimum absolute atomic E-state index is 0.0811. The summed E-state index contributed by atoms with van der Waals surface area (Å²) in [5, 5.41) is 2.91. The molecule has 7 heteroatoms. The number of nitrogens with zero attached hydrogens (tertiary/aromatic N) is 1. The van der Waals surface area contributed by atoms with E-state index in [9.17, 15) is 22.8 Å². The molecule has 3 rings (SSSR count). The number of rotatable bonds is 4. The Morgan fingerprint density at radius 3 is 2.43 bits per heavy atom. The third kappa shape index (κ3) is 4.83. The first kappa shape index (κ1) is 21.9. The number of amides is 2. The predicted octanol–water partition coefficient (Wildman–Crippen LogP) is 4.57. The fourth-order valence-electron chi connectivity index (χ4n) is 3.79. The number of piperidine rings is 1. The molecule has 1 aliphatic rings. The minimum atomic E-state index is -4.61. The Labute approximate surface area is 174 Å². The molecule has 1 fully saturated rings. The Morgan fingerprint density at radius 2 is 1.77 bits per heavy atom. The predicted molar refractivity (Wildman–Crippen MR) is 108 cm³/mol. The van der Waals surface area contributed by atoms with Crippen LogP contribution in [0.2, 0.25) is 0 Å². The minimum Gasteiger partial charge on any atom is -0.351 e. The van der Waals surface area contributed by atoms with Gasteiger partial charge in [-0.05, 0) is 44.4 Å². The van der Waals surface area contributed by atoms with Crippen LogP contribution in [0.15, 0.2) is 48.5 Å². The molecule has 1 saturated heterocycles. The quantitative estimate of drug-likeness (QED) is 0.791. The summed E-state index contributed by atoms with van der Waals surface area (Å²) >= 11 is 0. The zero-order valence-corrected chi connectivity index (χ0v) is 17.1. The number of nitrogens with one attached hydrogen (secondary N) is 1. The normalized spacial score (nSPS) is 19.4. The van der Waals surface area contributed by atoms with E-state index in [0.717, 1.165) is 17.2 Å². The fraction of sp³-hybridized carbons (Fsp3) is 0.391. The number of benzene rings is 2. The lowest BCUT2D eigenvalue weighted by Gasteiger charge is -2.39. The standard InChI is InChI=1S/C23H25F3N2O2/c1-16-8-10-17(11-9-16)14-27-21(30)22(2)12-5-13-28(15-22)20(29)18-6-3-4-7-19(18)23(24,25)26/h3-4,6-11H,5,12-15H2,1-2H3,(H,27,30). The van der Waals surface area contributed by atoms with Crippen LogP contribution in [0.1, 0.15) is 46.8 Å². The van der Waals surface area contributed by atoms with E-state index in [4.69, 9.17) is 0 Å². The number of carbonyl (C=O) groups is 2. The van der Waals surface area contributed by atoms with Gasteiger partial charge in [0.05, 0.1) is 16.5 Å². The van der Waals surface area contributed by atoms with Crippen LogP contribution < -0.4 is 5.32 Å². The molecule has 0 aliphatic carbocycles. The lowest BCUT2D eigenvalue weighted by atomic mass is 9.80. The molecule has 0 spiro atoms. The smallest absolute Gasteiger partial charge is 0.351 e. The highest BCUT2D eigenvalue weighted by molar-refractivity contribution is 5.96. The SMILES string of the molecule is Cc1ccc(CNC(=O)C2(C)CCCN(C(=O)c3ccccc3C(F)(F)F)C2)cc1. The highest BCUT2D eigenvalue weighted by atomic mass is 19.4. The number of alkyl halides is 3. The van der Waals surface area contributed by atoms with Crippen LogP contribution in [0, 0.1) is 12.3 Å². The molecule has 4 nitrogen and oxygen atoms in total. The number of hydrogen-bond acceptors (Lipinski definition) is 2. The summed E-state index contributed by atoms with van der Waals surface area (Å²) < 4.78 is 39.9. The molecule has 0 saturated carbocycles. The molecular weight excluding hydrogens is 393 g/mol. The van der Waals surface area contributed by atoms with Crippen molar-refractivity contribution in [3.05, 3.63) is 70.8 Å². The summed E-state index contributed by atoms with van der Waals surface area (Å²) in [5.74, 6) is -0.898. The van der Waals surface area contributed by atoms with E-state index < -0.39 is 23.1 Å². The molecule has 0 aromatic heterocycles. The molecule has 0 radical (unpaired) electrons. The molecule has 1 heterocycles. The molecule has 1 atom stereocenters. The Bertz CT molecular complexity index is 925. The van der Waals surface area contributed by atoms with Crippen LogP contribution in [0.4, 0.5) is 13.2 Å². The monoisotopic (exact) mass is 418 g/mol. The van der Waals surface area contributed by atoms with Gasteiger partial charge in [0, 0.05) is 19.6 Å². The first-order chi connectivity index (χ1) is 14.1. The van der Waals surface area contributed by atoms with Gasteiger partial charge < -0.3 is 10.2 Å². The van der Waals surface area contributed by atoms with Gasteiger partial charge in [-0.15, -0.1) is 0 Å². The highest BCUT2D eigenvalue weighted by Crippen LogP contribution is 2.35. The van der Waals surface area contributed by atoms with E-state index in [0.29, 0.717) is 25.9 Å². The summed E-state index contributed by atoms with van der Waals surface area (Å²) in [5.41, 5.74) is -0.107. The van der Waals surface area contributed by atoms with Crippen molar-refractivity contribution in [3.8, 4) is 0 Å². The summed E-state index contributed by atoms with van der Waals surface area (Å²) in [4.78, 5) is 27.1. The van der Waals surface area contributed by atoms with Gasteiger partial charge in [-0.25, -0.2) is 0 Å². The number of aryl methyl sites for hydroxylation is 1. The van der Waals surface area contributed by atoms with Crippen molar-refractivity contribution in [2.24, 2.45) is 5.41 Å². The second-order valence-electron chi connectivity index (χ2n) is 8.10. The van der Waals surface area contributed by atoms with Gasteiger partial charge in [0.1, 0.15) is 0 Å². The van der Waals surface area contributed by atoms with E-state index in [1.54, 1.807) is 6.92 Å². The van der Waals surface area contributed by atoms with E-state index in [1.165, 1.54) is 23.1 Å². The highest BCUT2D eigenvalue weighted by Gasteiger charge is 2.41. The molecule has 30 heavy (non-hydrogen) atoms. The zero-order chi connectivity index (χ0) is 21.9. The number of hydrogen-bond donors (Lipinski definition) is 1. The van der Waals surface area contributed by atoms with Crippen molar-refractivity contribution in [2.75, 3.05) is 13.1 Å². The third-order valence-electron chi connectivity index (χ3n) is 5.57. The van der Waals surface area contributed by atoms with Crippen molar-refractivity contribution in [2.45, 2.75) is 39.4 Å². The lowest BCUT2D eigenvalue weighted by Crippen LogP contribution is -2.52. The summed E-state index contributed by atoms with van der Waals surface area (Å²) in [6.45, 7) is 4.50. The summed E-state index contributed by atoms with van der Waals surface area (Å²) in [7, 11) is 0. The molecule has 1 aliphatic heterocycles. The maximum Gasteiger partial charge on any atom is 0.417 e. The van der Waals surface area contributed by atoms with Gasteiger partial charge in [0.2, 0.25) is 5.91 Å². The Hall–Kier alpha value is -2.83. The average molecular weight is 418 g/mol. The maximum atomic E-state index is 13.3. The van der Waals surface area contributed by atoms with Crippen molar-refractivity contribution in [3.63, 3.8) is 0 Å². The average Bonchev–Trinajstić information content (AvgIpc) is 2.72. The van der Waals surface area contributed by atoms with Crippen LogP contribution in [0.5, 0.6) is 0 Å². The maximum absolute atomic E-state index is 13.3. The first-order valence-corrected chi connectivity index (χ1v) is 9.89. The van der Waals surface area contributed by atoms with Crippen LogP contribution in [-0.2, 0) is 17.5 Å². The Kier molecular flexibility index (Phi) is 6.19. The van der Waals surface area contributed by atoms with Crippen molar-refractivity contribution >= 4 is 11.8 Å². The van der Waals surface area contributed by atoms with Gasteiger partial charge >= 0.3 is 6.18 Å². The molecule has 2 aromatic carbocycles. The van der Waals surface area contributed by atoms with E-state index in [1.807, 2.05) is 31.2 Å². The second kappa shape index (κ2) is 8.50. The first-order valence-electron chi connectivity index (χ1n) is 9.89. The molecule has 2 aromatic rings. The molecule has 1 unspecified atom stereocenters. The Balaban J connectivity index is 1.71. The lowest BCUT2D eigenvalue weighted by molar-refractivity contribution is -0.138. The topological polar surface area (TPSA) is 49.4 Å². The second-order valence-corrected chi connectivity index (χ2v) is 8.10. The van der Waals surface area contributed by atoms with Gasteiger partial charge in [-0.1, -0.05) is 42.0 Å². The van der Waals surface area contributed by atoms with E-state index in [-0.39, 0.29) is 18.0 Å². The van der Waals surface area contributed by atoms with Crippen molar-refractivity contribution in [1.29, 1.82) is 0 Å². The van der Waals surface area contributed by atoms with Gasteiger partial charge in [0.25, 0.3) is 5.91 Å². The molecule has 0 bridgehead atoms. The molecular formula is C23H25F3N2O2. The van der Waals surface area contributed by atoms with Gasteiger partial charge in [-0.3, -0.25) is 9.59 Å². The van der Waals surface area contributed by atoms with Crippen molar-refractivity contribution < 1.29 is 22.8 Å². The van der Waals surface area contributed by atoms with Crippen LogP contribution in [0.3, 0.4) is 0 Å². The van der Waals surface area contributed by atoms with Gasteiger partial charge in [0.15, 0.2) is 0 Å². The number of halogens is 3. The largest absolute Gasteiger partial charge is 0.417 e. The van der Waals surface area contributed by atoms with Crippen LogP contribution >= 0.6 is 0 Å². The van der Waals surface area contributed by atoms with E-state index in [2.05, 4.69) is 5.32 Å². The Morgan fingerprint density at radius 1 is 1.10 bits per heavy atom. The third-order valence-corrected chi connectivity index (χ3v) is 5.57.